The summed E-state index contributed by atoms with van der Waals surface area (Å²) in [6, 6.07) is 0. The molecule has 0 amide bonds. The van der Waals surface area contributed by atoms with E-state index in [2.05, 4.69) is 0 Å². The molecule has 0 fully saturated rings. The molecule has 68 valence electrons. The van der Waals surface area contributed by atoms with Crippen molar-refractivity contribution in [3.05, 3.63) is 0 Å². The predicted molar refractivity (Wildman–Crippen MR) is 44.8 cm³/mol. The van der Waals surface area contributed by atoms with Gasteiger partial charge in [0.05, 0.1) is 9.05 Å². The molecule has 0 heterocycles. The van der Waals surface area contributed by atoms with E-state index in [0.29, 0.717) is 22.6 Å². The molecule has 0 aliphatic rings. The summed E-state index contributed by atoms with van der Waals surface area (Å²) in [4.78, 5) is 0. The van der Waals surface area contributed by atoms with Crippen LogP contribution in [0.3, 0.4) is 0 Å². The monoisotopic (exact) mass is 244 g/mol. The molecule has 13 heavy (non-hydrogen) atoms. The molecule has 0 aromatic heterocycles. The summed E-state index contributed by atoms with van der Waals surface area (Å²) < 4.78 is 30.1. The van der Waals surface area contributed by atoms with Crippen LogP contribution in [0, 0.1) is 0 Å². The van der Waals surface area contributed by atoms with Crippen LogP contribution in [0.4, 0.5) is 0 Å². The zero-order chi connectivity index (χ0) is 8.74. The van der Waals surface area contributed by atoms with Gasteiger partial charge in [0.2, 0.25) is 10.3 Å². The predicted octanol–water partition coefficient (Wildman–Crippen LogP) is -6.33. The SMILES string of the molecule is NCCCCC[S+]=S(=O)([O-])[O-].[Na+].[Na+]. The maximum absolute atomic E-state index is 10.0. The molecule has 0 aliphatic heterocycles. The zero-order valence-corrected chi connectivity index (χ0v) is 13.8. The number of hydrogen-bond donors (Lipinski definition) is 1. The first-order valence-electron chi connectivity index (χ1n) is 3.36. The maximum atomic E-state index is 10.0. The molecule has 4 nitrogen and oxygen atoms in total. The van der Waals surface area contributed by atoms with Crippen molar-refractivity contribution in [3.63, 3.8) is 0 Å². The Morgan fingerprint density at radius 1 is 1.15 bits per heavy atom. The molecule has 0 saturated carbocycles. The second kappa shape index (κ2) is 12.3. The third-order valence-electron chi connectivity index (χ3n) is 1.08. The van der Waals surface area contributed by atoms with Crippen LogP contribution in [-0.4, -0.2) is 25.6 Å². The van der Waals surface area contributed by atoms with Crippen molar-refractivity contribution in [3.8, 4) is 0 Å². The molecule has 8 heteroatoms. The van der Waals surface area contributed by atoms with Crippen LogP contribution in [-0.2, 0) is 19.4 Å². The van der Waals surface area contributed by atoms with Crippen molar-refractivity contribution in [2.75, 3.05) is 12.3 Å². The fourth-order valence-electron chi connectivity index (χ4n) is 0.584. The van der Waals surface area contributed by atoms with Crippen LogP contribution in [0.5, 0.6) is 0 Å². The van der Waals surface area contributed by atoms with Gasteiger partial charge in [-0.15, -0.1) is 0 Å². The minimum Gasteiger partial charge on any atom is -0.746 e. The third-order valence-corrected chi connectivity index (χ3v) is 3.19. The molecular weight excluding hydrogens is 232 g/mol. The molecule has 0 atom stereocenters. The van der Waals surface area contributed by atoms with Gasteiger partial charge in [-0.2, -0.15) is 0 Å². The van der Waals surface area contributed by atoms with Gasteiger partial charge in [0.25, 0.3) is 0 Å². The van der Waals surface area contributed by atoms with E-state index in [9.17, 15) is 13.3 Å². The van der Waals surface area contributed by atoms with Gasteiger partial charge < -0.3 is 14.8 Å². The Hall–Kier alpha value is 2.25. The topological polar surface area (TPSA) is 89.2 Å². The molecule has 0 saturated heterocycles. The minimum absolute atomic E-state index is 0. The van der Waals surface area contributed by atoms with Crippen LogP contribution >= 0.6 is 0 Å². The van der Waals surface area contributed by atoms with Crippen LogP contribution in [0.15, 0.2) is 0 Å². The average molecular weight is 244 g/mol. The quantitative estimate of drug-likeness (QED) is 0.296. The normalized spacial score (nSPS) is 9.77. The van der Waals surface area contributed by atoms with Gasteiger partial charge in [-0.1, -0.05) is 0 Å². The van der Waals surface area contributed by atoms with Gasteiger partial charge in [-0.25, -0.2) is 4.21 Å². The molecule has 0 unspecified atom stereocenters. The van der Waals surface area contributed by atoms with Crippen LogP contribution in [0.25, 0.3) is 0 Å². The Morgan fingerprint density at radius 3 is 2.08 bits per heavy atom. The van der Waals surface area contributed by atoms with Crippen molar-refractivity contribution in [2.45, 2.75) is 19.3 Å². The fourth-order valence-corrected chi connectivity index (χ4v) is 2.08. The maximum Gasteiger partial charge on any atom is 1.00 e. The van der Waals surface area contributed by atoms with Gasteiger partial charge in [0, 0.05) is 6.42 Å². The van der Waals surface area contributed by atoms with Gasteiger partial charge in [0.1, 0.15) is 0 Å². The van der Waals surface area contributed by atoms with Crippen molar-refractivity contribution in [2.24, 2.45) is 5.73 Å². The standard InChI is InChI=1S/C5H13NO3S2.2Na/c6-4-2-1-3-5-10-11(7,8)9;;/h1-6H2,(H-,7,8,9);;/q;2*+1/p-1. The number of hydrogen-bond acceptors (Lipinski definition) is 4. The molecule has 0 rings (SSSR count). The summed E-state index contributed by atoms with van der Waals surface area (Å²) in [5.41, 5.74) is 5.21. The van der Waals surface area contributed by atoms with Crippen molar-refractivity contribution in [1.82, 2.24) is 0 Å². The van der Waals surface area contributed by atoms with E-state index in [0.717, 1.165) is 19.3 Å². The number of unbranched alkanes of at least 4 members (excludes halogenated alkanes) is 2. The van der Waals surface area contributed by atoms with Gasteiger partial charge in [0.15, 0.2) is 5.75 Å². The second-order valence-electron chi connectivity index (χ2n) is 2.08. The Morgan fingerprint density at radius 2 is 1.69 bits per heavy atom. The van der Waals surface area contributed by atoms with E-state index in [-0.39, 0.29) is 59.1 Å². The molecule has 2 N–H and O–H groups in total. The molecule has 0 spiro atoms. The van der Waals surface area contributed by atoms with E-state index in [1.165, 1.54) is 0 Å². The fraction of sp³-hybridized carbons (Fsp3) is 1.00. The van der Waals surface area contributed by atoms with E-state index >= 15 is 0 Å². The van der Waals surface area contributed by atoms with E-state index < -0.39 is 9.05 Å². The number of rotatable bonds is 5. The Balaban J connectivity index is -0.000000500. The van der Waals surface area contributed by atoms with E-state index in [4.69, 9.17) is 5.73 Å². The molecular formula is C5H12NNa2O3S2+. The summed E-state index contributed by atoms with van der Waals surface area (Å²) in [7, 11) is -3.62. The summed E-state index contributed by atoms with van der Waals surface area (Å²) in [6.45, 7) is 0.620. The average Bonchev–Trinajstić information content (AvgIpc) is 1.85. The van der Waals surface area contributed by atoms with Crippen molar-refractivity contribution < 1.29 is 72.4 Å². The van der Waals surface area contributed by atoms with Crippen LogP contribution in [0.2, 0.25) is 0 Å². The molecule has 0 aromatic rings. The number of nitrogens with two attached hydrogens (primary N) is 1. The van der Waals surface area contributed by atoms with Crippen LogP contribution < -0.4 is 64.8 Å². The Bertz CT molecular complexity index is 198. The minimum atomic E-state index is -4.08. The van der Waals surface area contributed by atoms with Crippen molar-refractivity contribution in [1.29, 1.82) is 0 Å². The summed E-state index contributed by atoms with van der Waals surface area (Å²) in [5, 5.41) is 0. The molecule has 0 bridgehead atoms. The largest absolute Gasteiger partial charge is 1.00 e. The van der Waals surface area contributed by atoms with Gasteiger partial charge >= 0.3 is 59.1 Å². The van der Waals surface area contributed by atoms with E-state index in [1.54, 1.807) is 0 Å². The summed E-state index contributed by atoms with van der Waals surface area (Å²) >= 11 is 0. The third kappa shape index (κ3) is 20.4. The second-order valence-corrected chi connectivity index (χ2v) is 5.47. The summed E-state index contributed by atoms with van der Waals surface area (Å²) in [6.07, 6.45) is 2.52. The van der Waals surface area contributed by atoms with Crippen LogP contribution in [0.1, 0.15) is 19.3 Å². The zero-order valence-electron chi connectivity index (χ0n) is 8.15. The first kappa shape index (κ1) is 20.6. The molecule has 0 aromatic carbocycles. The smallest absolute Gasteiger partial charge is 0.746 e. The summed E-state index contributed by atoms with van der Waals surface area (Å²) in [5.74, 6) is 0.381. The first-order valence-corrected chi connectivity index (χ1v) is 6.27. The first-order chi connectivity index (χ1) is 5.06. The Kier molecular flexibility index (Phi) is 19.6. The van der Waals surface area contributed by atoms with Gasteiger partial charge in [-0.05, 0) is 19.4 Å². The van der Waals surface area contributed by atoms with Gasteiger partial charge in [-0.3, -0.25) is 0 Å². The Labute approximate surface area is 127 Å². The van der Waals surface area contributed by atoms with E-state index in [1.807, 2.05) is 0 Å². The molecule has 0 aliphatic carbocycles. The molecule has 0 radical (unpaired) electrons. The van der Waals surface area contributed by atoms with Crippen molar-refractivity contribution >= 4 is 19.4 Å².